The third kappa shape index (κ3) is 9.53. The Morgan fingerprint density at radius 3 is 1.88 bits per heavy atom. The Morgan fingerprint density at radius 2 is 1.35 bits per heavy atom. The zero-order valence-corrected chi connectivity index (χ0v) is 11.9. The van der Waals surface area contributed by atoms with Crippen molar-refractivity contribution in [2.24, 2.45) is 11.5 Å². The number of ether oxygens (including phenoxy) is 2. The Hall–Kier alpha value is -0.160. The van der Waals surface area contributed by atoms with Gasteiger partial charge in [0.05, 0.1) is 11.2 Å². The smallest absolute Gasteiger partial charge is 0.0748 e. The summed E-state index contributed by atoms with van der Waals surface area (Å²) in [6.45, 7) is 10.9. The van der Waals surface area contributed by atoms with Crippen LogP contribution < -0.4 is 11.5 Å². The summed E-state index contributed by atoms with van der Waals surface area (Å²) in [6, 6.07) is 0. The molecule has 4 N–H and O–H groups in total. The predicted molar refractivity (Wildman–Crippen MR) is 72.0 cm³/mol. The van der Waals surface area contributed by atoms with Crippen molar-refractivity contribution in [3.05, 3.63) is 0 Å². The van der Waals surface area contributed by atoms with Gasteiger partial charge in [0.25, 0.3) is 0 Å². The minimum Gasteiger partial charge on any atom is -0.376 e. The minimum atomic E-state index is -0.218. The molecule has 0 aliphatic rings. The van der Waals surface area contributed by atoms with Gasteiger partial charge in [-0.05, 0) is 53.5 Å². The predicted octanol–water partition coefficient (Wildman–Crippen LogP) is 1.66. The van der Waals surface area contributed by atoms with Crippen LogP contribution in [-0.4, -0.2) is 37.5 Å². The normalized spacial score (nSPS) is 13.1. The molecule has 4 nitrogen and oxygen atoms in total. The SMILES string of the molecule is CC(C)(CN)OCCCC(C)(C)OCCCN. The van der Waals surface area contributed by atoms with Gasteiger partial charge in [0.15, 0.2) is 0 Å². The summed E-state index contributed by atoms with van der Waals surface area (Å²) in [7, 11) is 0. The first-order valence-electron chi connectivity index (χ1n) is 6.51. The van der Waals surface area contributed by atoms with E-state index < -0.39 is 0 Å². The zero-order chi connectivity index (χ0) is 13.4. The fourth-order valence-corrected chi connectivity index (χ4v) is 1.41. The maximum Gasteiger partial charge on any atom is 0.0748 e. The second kappa shape index (κ2) is 8.03. The molecule has 0 saturated heterocycles. The molecule has 0 fully saturated rings. The molecule has 0 spiro atoms. The minimum absolute atomic E-state index is 0.0919. The molecule has 0 aliphatic heterocycles. The summed E-state index contributed by atoms with van der Waals surface area (Å²) in [5.74, 6) is 0. The number of rotatable bonds is 10. The molecule has 0 unspecified atom stereocenters. The lowest BCUT2D eigenvalue weighted by atomic mass is 10.0. The number of hydrogen-bond donors (Lipinski definition) is 2. The Labute approximate surface area is 106 Å². The van der Waals surface area contributed by atoms with Crippen molar-refractivity contribution in [1.29, 1.82) is 0 Å². The summed E-state index contributed by atoms with van der Waals surface area (Å²) >= 11 is 0. The van der Waals surface area contributed by atoms with E-state index >= 15 is 0 Å². The highest BCUT2D eigenvalue weighted by molar-refractivity contribution is 4.71. The Kier molecular flexibility index (Phi) is 7.96. The third-order valence-corrected chi connectivity index (χ3v) is 2.75. The van der Waals surface area contributed by atoms with Gasteiger partial charge in [-0.3, -0.25) is 0 Å². The maximum absolute atomic E-state index is 5.77. The summed E-state index contributed by atoms with van der Waals surface area (Å²) in [4.78, 5) is 0. The number of hydrogen-bond acceptors (Lipinski definition) is 4. The third-order valence-electron chi connectivity index (χ3n) is 2.75. The topological polar surface area (TPSA) is 70.5 Å². The van der Waals surface area contributed by atoms with Crippen LogP contribution in [-0.2, 0) is 9.47 Å². The van der Waals surface area contributed by atoms with Crippen LogP contribution in [0, 0.1) is 0 Å². The fraction of sp³-hybridized carbons (Fsp3) is 1.00. The van der Waals surface area contributed by atoms with Crippen LogP contribution in [0.15, 0.2) is 0 Å². The molecule has 0 aromatic carbocycles. The van der Waals surface area contributed by atoms with E-state index in [1.165, 1.54) is 0 Å². The first-order chi connectivity index (χ1) is 7.83. The van der Waals surface area contributed by atoms with Gasteiger partial charge >= 0.3 is 0 Å². The quantitative estimate of drug-likeness (QED) is 0.575. The van der Waals surface area contributed by atoms with Crippen LogP contribution in [0.5, 0.6) is 0 Å². The lowest BCUT2D eigenvalue weighted by molar-refractivity contribution is -0.0455. The van der Waals surface area contributed by atoms with E-state index in [9.17, 15) is 0 Å². The average molecular weight is 246 g/mol. The van der Waals surface area contributed by atoms with Crippen molar-refractivity contribution < 1.29 is 9.47 Å². The molecule has 104 valence electrons. The van der Waals surface area contributed by atoms with Crippen molar-refractivity contribution in [3.63, 3.8) is 0 Å². The second-order valence-corrected chi connectivity index (χ2v) is 5.67. The van der Waals surface area contributed by atoms with Crippen LogP contribution in [0.2, 0.25) is 0 Å². The average Bonchev–Trinajstić information content (AvgIpc) is 2.25. The first-order valence-corrected chi connectivity index (χ1v) is 6.51. The fourth-order valence-electron chi connectivity index (χ4n) is 1.41. The van der Waals surface area contributed by atoms with Crippen molar-refractivity contribution >= 4 is 0 Å². The van der Waals surface area contributed by atoms with Crippen LogP contribution in [0.1, 0.15) is 47.0 Å². The molecule has 17 heavy (non-hydrogen) atoms. The molecule has 0 radical (unpaired) electrons. The molecule has 0 atom stereocenters. The molecule has 0 saturated carbocycles. The van der Waals surface area contributed by atoms with Gasteiger partial charge in [-0.1, -0.05) is 0 Å². The Balaban J connectivity index is 3.65. The molecule has 4 heteroatoms. The Morgan fingerprint density at radius 1 is 0.824 bits per heavy atom. The molecule has 0 rings (SSSR count). The molecular formula is C13H30N2O2. The van der Waals surface area contributed by atoms with E-state index in [0.29, 0.717) is 13.1 Å². The summed E-state index contributed by atoms with van der Waals surface area (Å²) in [6.07, 6.45) is 2.89. The molecular weight excluding hydrogens is 216 g/mol. The van der Waals surface area contributed by atoms with E-state index in [1.54, 1.807) is 0 Å². The van der Waals surface area contributed by atoms with Gasteiger partial charge in [0.2, 0.25) is 0 Å². The van der Waals surface area contributed by atoms with Crippen molar-refractivity contribution in [2.45, 2.75) is 58.2 Å². The highest BCUT2D eigenvalue weighted by atomic mass is 16.5. The van der Waals surface area contributed by atoms with Gasteiger partial charge in [-0.2, -0.15) is 0 Å². The second-order valence-electron chi connectivity index (χ2n) is 5.67. The monoisotopic (exact) mass is 246 g/mol. The Bertz CT molecular complexity index is 194. The molecule has 0 aliphatic carbocycles. The van der Waals surface area contributed by atoms with Gasteiger partial charge in [0.1, 0.15) is 0 Å². The van der Waals surface area contributed by atoms with Crippen molar-refractivity contribution in [1.82, 2.24) is 0 Å². The standard InChI is InChI=1S/C13H30N2O2/c1-12(2,16-10-6-8-14)7-5-9-17-13(3,4)11-15/h5-11,14-15H2,1-4H3. The summed E-state index contributed by atoms with van der Waals surface area (Å²) in [5, 5.41) is 0. The van der Waals surface area contributed by atoms with Crippen molar-refractivity contribution in [3.8, 4) is 0 Å². The van der Waals surface area contributed by atoms with E-state index in [-0.39, 0.29) is 11.2 Å². The van der Waals surface area contributed by atoms with Crippen LogP contribution in [0.4, 0.5) is 0 Å². The molecule has 0 amide bonds. The highest BCUT2D eigenvalue weighted by Gasteiger charge is 2.19. The van der Waals surface area contributed by atoms with Crippen LogP contribution >= 0.6 is 0 Å². The van der Waals surface area contributed by atoms with Gasteiger partial charge < -0.3 is 20.9 Å². The lowest BCUT2D eigenvalue weighted by Gasteiger charge is -2.27. The zero-order valence-electron chi connectivity index (χ0n) is 11.9. The molecule has 0 bridgehead atoms. The molecule has 0 heterocycles. The highest BCUT2D eigenvalue weighted by Crippen LogP contribution is 2.18. The summed E-state index contributed by atoms with van der Waals surface area (Å²) in [5.41, 5.74) is 10.7. The van der Waals surface area contributed by atoms with Crippen LogP contribution in [0.25, 0.3) is 0 Å². The number of nitrogens with two attached hydrogens (primary N) is 2. The van der Waals surface area contributed by atoms with E-state index in [1.807, 2.05) is 13.8 Å². The van der Waals surface area contributed by atoms with Crippen LogP contribution in [0.3, 0.4) is 0 Å². The molecule has 0 aromatic heterocycles. The van der Waals surface area contributed by atoms with E-state index in [2.05, 4.69) is 13.8 Å². The van der Waals surface area contributed by atoms with E-state index in [4.69, 9.17) is 20.9 Å². The van der Waals surface area contributed by atoms with Gasteiger partial charge in [-0.25, -0.2) is 0 Å². The lowest BCUT2D eigenvalue weighted by Crippen LogP contribution is -2.34. The first kappa shape index (κ1) is 16.8. The largest absolute Gasteiger partial charge is 0.376 e. The molecule has 0 aromatic rings. The van der Waals surface area contributed by atoms with Gasteiger partial charge in [0, 0.05) is 19.8 Å². The maximum atomic E-state index is 5.77. The summed E-state index contributed by atoms with van der Waals surface area (Å²) < 4.78 is 11.5. The van der Waals surface area contributed by atoms with Crippen molar-refractivity contribution in [2.75, 3.05) is 26.3 Å². The van der Waals surface area contributed by atoms with E-state index in [0.717, 1.165) is 32.5 Å². The van der Waals surface area contributed by atoms with Gasteiger partial charge in [-0.15, -0.1) is 0 Å².